The zero-order valence-electron chi connectivity index (χ0n) is 8.95. The highest BCUT2D eigenvalue weighted by Crippen LogP contribution is 2.14. The van der Waals surface area contributed by atoms with Gasteiger partial charge in [-0.05, 0) is 13.8 Å². The molecule has 15 heavy (non-hydrogen) atoms. The first kappa shape index (κ1) is 10.3. The van der Waals surface area contributed by atoms with Gasteiger partial charge in [-0.1, -0.05) is 0 Å². The fourth-order valence-corrected chi connectivity index (χ4v) is 1.48. The lowest BCUT2D eigenvalue weighted by Gasteiger charge is -2.36. The van der Waals surface area contributed by atoms with Crippen LogP contribution in [0.25, 0.3) is 0 Å². The number of aromatic nitrogens is 2. The smallest absolute Gasteiger partial charge is 0.216 e. The number of β-amino-alcohol motifs (C(OH)–C–C–N with tert-alkyl or cyclic N) is 1. The maximum atomic E-state index is 9.78. The summed E-state index contributed by atoms with van der Waals surface area (Å²) in [6.45, 7) is 5.14. The first-order chi connectivity index (χ1) is 7.07. The molecule has 1 saturated heterocycles. The molecule has 5 nitrogen and oxygen atoms in total. The number of rotatable bonds is 3. The molecule has 1 aliphatic rings. The van der Waals surface area contributed by atoms with E-state index < -0.39 is 5.60 Å². The summed E-state index contributed by atoms with van der Waals surface area (Å²) in [5, 5.41) is 12.8. The Bertz CT molecular complexity index is 343. The number of nitrogens with zero attached hydrogens (tertiary/aromatic N) is 2. The van der Waals surface area contributed by atoms with Crippen molar-refractivity contribution >= 4 is 0 Å². The molecule has 2 N–H and O–H groups in total. The van der Waals surface area contributed by atoms with E-state index >= 15 is 0 Å². The minimum Gasteiger partial charge on any atom is -0.474 e. The average Bonchev–Trinajstić information content (AvgIpc) is 2.10. The highest BCUT2D eigenvalue weighted by atomic mass is 16.5. The van der Waals surface area contributed by atoms with E-state index in [9.17, 15) is 5.11 Å². The van der Waals surface area contributed by atoms with Crippen LogP contribution in [0.3, 0.4) is 0 Å². The van der Waals surface area contributed by atoms with Crippen LogP contribution in [0.4, 0.5) is 0 Å². The lowest BCUT2D eigenvalue weighted by molar-refractivity contribution is -0.0467. The van der Waals surface area contributed by atoms with Crippen LogP contribution in [0, 0.1) is 13.8 Å². The molecule has 2 heterocycles. The van der Waals surface area contributed by atoms with Gasteiger partial charge in [-0.3, -0.25) is 0 Å². The fraction of sp³-hybridized carbons (Fsp3) is 0.600. The van der Waals surface area contributed by atoms with E-state index in [1.165, 1.54) is 0 Å². The van der Waals surface area contributed by atoms with Gasteiger partial charge in [0.15, 0.2) is 0 Å². The molecule has 0 unspecified atom stereocenters. The molecule has 82 valence electrons. The Kier molecular flexibility index (Phi) is 2.58. The third-order valence-electron chi connectivity index (χ3n) is 2.34. The van der Waals surface area contributed by atoms with Crippen molar-refractivity contribution in [1.29, 1.82) is 0 Å². The maximum absolute atomic E-state index is 9.78. The van der Waals surface area contributed by atoms with Crippen LogP contribution in [0.15, 0.2) is 6.07 Å². The molecule has 5 heteroatoms. The van der Waals surface area contributed by atoms with Crippen LogP contribution in [-0.2, 0) is 0 Å². The van der Waals surface area contributed by atoms with E-state index in [0.717, 1.165) is 5.69 Å². The second-order valence-corrected chi connectivity index (χ2v) is 4.01. The summed E-state index contributed by atoms with van der Waals surface area (Å²) in [5.74, 6) is 1.21. The van der Waals surface area contributed by atoms with Gasteiger partial charge in [0.2, 0.25) is 5.88 Å². The van der Waals surface area contributed by atoms with Gasteiger partial charge in [0.1, 0.15) is 18.0 Å². The molecule has 1 aliphatic heterocycles. The van der Waals surface area contributed by atoms with Crippen molar-refractivity contribution < 1.29 is 9.84 Å². The molecule has 0 bridgehead atoms. The standard InChI is InChI=1S/C10H15N3O2/c1-7-3-9(13-8(2)12-7)15-6-10(14)4-11-5-10/h3,11,14H,4-6H2,1-2H3. The first-order valence-corrected chi connectivity index (χ1v) is 4.96. The van der Waals surface area contributed by atoms with Crippen LogP contribution in [0.2, 0.25) is 0 Å². The molecular formula is C10H15N3O2. The predicted molar refractivity (Wildman–Crippen MR) is 54.8 cm³/mol. The monoisotopic (exact) mass is 209 g/mol. The molecular weight excluding hydrogens is 194 g/mol. The fourth-order valence-electron chi connectivity index (χ4n) is 1.48. The zero-order valence-corrected chi connectivity index (χ0v) is 8.95. The van der Waals surface area contributed by atoms with Crippen molar-refractivity contribution in [2.75, 3.05) is 19.7 Å². The Morgan fingerprint density at radius 1 is 1.47 bits per heavy atom. The Balaban J connectivity index is 1.98. The van der Waals surface area contributed by atoms with E-state index in [1.54, 1.807) is 6.07 Å². The van der Waals surface area contributed by atoms with Crippen LogP contribution in [0.5, 0.6) is 5.88 Å². The minimum absolute atomic E-state index is 0.274. The lowest BCUT2D eigenvalue weighted by Crippen LogP contribution is -2.62. The normalized spacial score (nSPS) is 18.3. The highest BCUT2D eigenvalue weighted by Gasteiger charge is 2.35. The van der Waals surface area contributed by atoms with Gasteiger partial charge < -0.3 is 15.2 Å². The molecule has 1 aromatic heterocycles. The molecule has 0 atom stereocenters. The van der Waals surface area contributed by atoms with Crippen LogP contribution < -0.4 is 10.1 Å². The van der Waals surface area contributed by atoms with Crippen LogP contribution in [0.1, 0.15) is 11.5 Å². The Hall–Kier alpha value is -1.20. The summed E-state index contributed by atoms with van der Waals surface area (Å²) in [5.41, 5.74) is 0.142. The van der Waals surface area contributed by atoms with Crippen molar-refractivity contribution in [3.8, 4) is 5.88 Å². The number of hydrogen-bond acceptors (Lipinski definition) is 5. The summed E-state index contributed by atoms with van der Waals surface area (Å²) in [4.78, 5) is 8.28. The first-order valence-electron chi connectivity index (χ1n) is 4.96. The van der Waals surface area contributed by atoms with Gasteiger partial charge in [-0.25, -0.2) is 4.98 Å². The van der Waals surface area contributed by atoms with E-state index in [-0.39, 0.29) is 6.61 Å². The van der Waals surface area contributed by atoms with Crippen LogP contribution >= 0.6 is 0 Å². The van der Waals surface area contributed by atoms with Gasteiger partial charge in [0, 0.05) is 24.8 Å². The second kappa shape index (κ2) is 3.75. The molecule has 1 aromatic rings. The molecule has 0 amide bonds. The van der Waals surface area contributed by atoms with Crippen molar-refractivity contribution in [2.24, 2.45) is 0 Å². The predicted octanol–water partition coefficient (Wildman–Crippen LogP) is -0.193. The number of aliphatic hydroxyl groups is 1. The number of nitrogens with one attached hydrogen (secondary N) is 1. The molecule has 1 fully saturated rings. The third-order valence-corrected chi connectivity index (χ3v) is 2.34. The van der Waals surface area contributed by atoms with Crippen molar-refractivity contribution in [2.45, 2.75) is 19.4 Å². The number of ether oxygens (including phenoxy) is 1. The molecule has 0 saturated carbocycles. The molecule has 2 rings (SSSR count). The van der Waals surface area contributed by atoms with Gasteiger partial charge in [0.05, 0.1) is 0 Å². The molecule has 0 spiro atoms. The minimum atomic E-state index is -0.729. The zero-order chi connectivity index (χ0) is 10.9. The lowest BCUT2D eigenvalue weighted by atomic mass is 9.99. The van der Waals surface area contributed by atoms with Gasteiger partial charge in [-0.15, -0.1) is 0 Å². The van der Waals surface area contributed by atoms with Gasteiger partial charge in [-0.2, -0.15) is 4.98 Å². The van der Waals surface area contributed by atoms with Crippen molar-refractivity contribution in [3.05, 3.63) is 17.6 Å². The SMILES string of the molecule is Cc1cc(OCC2(O)CNC2)nc(C)n1. The van der Waals surface area contributed by atoms with Gasteiger partial charge >= 0.3 is 0 Å². The van der Waals surface area contributed by atoms with Crippen molar-refractivity contribution in [1.82, 2.24) is 15.3 Å². The summed E-state index contributed by atoms with van der Waals surface area (Å²) < 4.78 is 5.43. The number of aryl methyl sites for hydroxylation is 2. The van der Waals surface area contributed by atoms with Crippen molar-refractivity contribution in [3.63, 3.8) is 0 Å². The largest absolute Gasteiger partial charge is 0.474 e. The molecule has 0 aromatic carbocycles. The van der Waals surface area contributed by atoms with E-state index in [0.29, 0.717) is 24.8 Å². The molecule has 0 radical (unpaired) electrons. The summed E-state index contributed by atoms with van der Waals surface area (Å²) >= 11 is 0. The maximum Gasteiger partial charge on any atom is 0.216 e. The Morgan fingerprint density at radius 3 is 2.73 bits per heavy atom. The summed E-state index contributed by atoms with van der Waals surface area (Å²) in [7, 11) is 0. The topological polar surface area (TPSA) is 67.3 Å². The third kappa shape index (κ3) is 2.43. The summed E-state index contributed by atoms with van der Waals surface area (Å²) in [6, 6.07) is 1.77. The Labute approximate surface area is 88.5 Å². The Morgan fingerprint density at radius 2 is 2.20 bits per heavy atom. The van der Waals surface area contributed by atoms with E-state index in [2.05, 4.69) is 15.3 Å². The van der Waals surface area contributed by atoms with Crippen LogP contribution in [-0.4, -0.2) is 40.4 Å². The summed E-state index contributed by atoms with van der Waals surface area (Å²) in [6.07, 6.45) is 0. The molecule has 0 aliphatic carbocycles. The average molecular weight is 209 g/mol. The highest BCUT2D eigenvalue weighted by molar-refractivity contribution is 5.15. The quantitative estimate of drug-likeness (QED) is 0.722. The second-order valence-electron chi connectivity index (χ2n) is 4.01. The van der Waals surface area contributed by atoms with E-state index in [1.807, 2.05) is 13.8 Å². The van der Waals surface area contributed by atoms with Gasteiger partial charge in [0.25, 0.3) is 0 Å². The van der Waals surface area contributed by atoms with E-state index in [4.69, 9.17) is 4.74 Å². The number of hydrogen-bond donors (Lipinski definition) is 2.